The number of hydrogen-bond acceptors (Lipinski definition) is 5. The number of rotatable bonds is 6. The molecule has 0 radical (unpaired) electrons. The Morgan fingerprint density at radius 1 is 1.47 bits per heavy atom. The molecule has 8 nitrogen and oxygen atoms in total. The van der Waals surface area contributed by atoms with Gasteiger partial charge in [0.2, 0.25) is 0 Å². The van der Waals surface area contributed by atoms with E-state index in [1.54, 1.807) is 0 Å². The van der Waals surface area contributed by atoms with Crippen molar-refractivity contribution in [2.24, 2.45) is 0 Å². The summed E-state index contributed by atoms with van der Waals surface area (Å²) in [5, 5.41) is 20.7. The van der Waals surface area contributed by atoms with E-state index in [9.17, 15) is 24.4 Å². The van der Waals surface area contributed by atoms with E-state index in [0.29, 0.717) is 0 Å². The Morgan fingerprint density at radius 3 is 2.70 bits per heavy atom. The van der Waals surface area contributed by atoms with Crippen molar-refractivity contribution in [3.63, 3.8) is 0 Å². The van der Waals surface area contributed by atoms with Crippen LogP contribution in [0.1, 0.15) is 26.3 Å². The summed E-state index contributed by atoms with van der Waals surface area (Å²) in [6.45, 7) is 10.9. The van der Waals surface area contributed by atoms with Crippen molar-refractivity contribution in [1.29, 1.82) is 0 Å². The highest BCUT2D eigenvalue weighted by molar-refractivity contribution is 6.74. The van der Waals surface area contributed by atoms with E-state index >= 15 is 0 Å². The minimum absolute atomic E-state index is 0.00365. The van der Waals surface area contributed by atoms with Crippen LogP contribution >= 0.6 is 0 Å². The first kappa shape index (κ1) is 24.0. The molecule has 2 rings (SSSR count). The van der Waals surface area contributed by atoms with Crippen LogP contribution in [0.3, 0.4) is 0 Å². The predicted octanol–water partition coefficient (Wildman–Crippen LogP) is 4.52. The quantitative estimate of drug-likeness (QED) is 0.396. The zero-order chi connectivity index (χ0) is 22.7. The van der Waals surface area contributed by atoms with Crippen molar-refractivity contribution < 1.29 is 28.4 Å². The fourth-order valence-corrected chi connectivity index (χ4v) is 3.83. The Morgan fingerprint density at radius 2 is 2.13 bits per heavy atom. The molecular formula is C20H29FN2O6Si. The zero-order valence-electron chi connectivity index (χ0n) is 17.9. The molecule has 1 aliphatic heterocycles. The monoisotopic (exact) mass is 440 g/mol. The number of nitro groups is 1. The standard InChI is InChI=1S/C20H29FN2O6Si/c1-20(2,3)30(4,5)29-13-14-12-28-15(11-22(14)19(24)25)9-10-16-17(21)7-6-8-18(16)23(26)27/h6-10,14-15H,11-13H2,1-5H3,(H,24,25)/b10-9+/t14-,15+/m0/s1. The lowest BCUT2D eigenvalue weighted by Crippen LogP contribution is -2.55. The molecule has 2 atom stereocenters. The van der Waals surface area contributed by atoms with E-state index in [2.05, 4.69) is 33.9 Å². The molecule has 1 aliphatic rings. The van der Waals surface area contributed by atoms with Crippen LogP contribution in [0.15, 0.2) is 24.3 Å². The number of morpholine rings is 1. The predicted molar refractivity (Wildman–Crippen MR) is 113 cm³/mol. The maximum atomic E-state index is 14.0. The van der Waals surface area contributed by atoms with Gasteiger partial charge in [-0.15, -0.1) is 0 Å². The Kier molecular flexibility index (Phi) is 7.38. The molecule has 1 aromatic carbocycles. The van der Waals surface area contributed by atoms with Crippen LogP contribution in [0.25, 0.3) is 6.08 Å². The smallest absolute Gasteiger partial charge is 0.407 e. The van der Waals surface area contributed by atoms with Crippen LogP contribution < -0.4 is 0 Å². The maximum absolute atomic E-state index is 14.0. The third-order valence-electron chi connectivity index (χ3n) is 5.71. The van der Waals surface area contributed by atoms with Gasteiger partial charge in [-0.3, -0.25) is 15.0 Å². The number of hydrogen-bond donors (Lipinski definition) is 1. The Hall–Kier alpha value is -2.30. The molecule has 1 heterocycles. The molecule has 10 heteroatoms. The summed E-state index contributed by atoms with van der Waals surface area (Å²) in [6.07, 6.45) is 0.971. The van der Waals surface area contributed by atoms with Gasteiger partial charge in [-0.1, -0.05) is 32.9 Å². The first-order valence-corrected chi connectivity index (χ1v) is 12.6. The number of nitrogens with zero attached hydrogens (tertiary/aromatic N) is 2. The average Bonchev–Trinajstić information content (AvgIpc) is 2.64. The summed E-state index contributed by atoms with van der Waals surface area (Å²) >= 11 is 0. The van der Waals surface area contributed by atoms with Crippen LogP contribution in [0.4, 0.5) is 14.9 Å². The molecule has 1 N–H and O–H groups in total. The summed E-state index contributed by atoms with van der Waals surface area (Å²) in [4.78, 5) is 23.5. The number of benzene rings is 1. The van der Waals surface area contributed by atoms with Crippen LogP contribution in [0.2, 0.25) is 18.1 Å². The summed E-state index contributed by atoms with van der Waals surface area (Å²) in [7, 11) is -2.05. The van der Waals surface area contributed by atoms with Crippen molar-refractivity contribution in [3.05, 3.63) is 45.8 Å². The highest BCUT2D eigenvalue weighted by atomic mass is 28.4. The Labute approximate surface area is 176 Å². The lowest BCUT2D eigenvalue weighted by molar-refractivity contribution is -0.385. The van der Waals surface area contributed by atoms with Crippen molar-refractivity contribution >= 4 is 26.2 Å². The fraction of sp³-hybridized carbons (Fsp3) is 0.550. The third kappa shape index (κ3) is 5.64. The first-order chi connectivity index (χ1) is 13.8. The van der Waals surface area contributed by atoms with Crippen LogP contribution in [-0.4, -0.2) is 61.2 Å². The molecule has 0 bridgehead atoms. The molecule has 0 saturated carbocycles. The third-order valence-corrected chi connectivity index (χ3v) is 10.2. The molecule has 1 saturated heterocycles. The van der Waals surface area contributed by atoms with E-state index < -0.39 is 37.3 Å². The van der Waals surface area contributed by atoms with Gasteiger partial charge >= 0.3 is 6.09 Å². The second-order valence-corrected chi connectivity index (χ2v) is 13.6. The van der Waals surface area contributed by atoms with Crippen LogP contribution in [0.5, 0.6) is 0 Å². The summed E-state index contributed by atoms with van der Waals surface area (Å²) in [5.41, 5.74) is -0.533. The number of carboxylic acid groups (broad SMARTS) is 1. The topological polar surface area (TPSA) is 102 Å². The van der Waals surface area contributed by atoms with Gasteiger partial charge in [0.1, 0.15) is 5.82 Å². The number of amides is 1. The summed E-state index contributed by atoms with van der Waals surface area (Å²) in [5.74, 6) is -0.730. The van der Waals surface area contributed by atoms with Crippen molar-refractivity contribution in [3.8, 4) is 0 Å². The first-order valence-electron chi connectivity index (χ1n) is 9.69. The molecule has 166 valence electrons. The largest absolute Gasteiger partial charge is 0.465 e. The number of halogens is 1. The molecule has 1 aromatic rings. The normalized spacial score (nSPS) is 20.5. The molecule has 0 aromatic heterocycles. The lowest BCUT2D eigenvalue weighted by Gasteiger charge is -2.41. The molecule has 1 fully saturated rings. The molecular weight excluding hydrogens is 411 g/mol. The second kappa shape index (κ2) is 9.23. The average molecular weight is 441 g/mol. The molecule has 0 aliphatic carbocycles. The van der Waals surface area contributed by atoms with Crippen LogP contribution in [-0.2, 0) is 9.16 Å². The fourth-order valence-electron chi connectivity index (χ4n) is 2.78. The number of nitro benzene ring substituents is 1. The molecule has 0 spiro atoms. The van der Waals surface area contributed by atoms with Crippen LogP contribution in [0, 0.1) is 15.9 Å². The molecule has 1 amide bonds. The van der Waals surface area contributed by atoms with Gasteiger partial charge in [-0.25, -0.2) is 9.18 Å². The minimum Gasteiger partial charge on any atom is -0.465 e. The maximum Gasteiger partial charge on any atom is 0.407 e. The minimum atomic E-state index is -2.05. The summed E-state index contributed by atoms with van der Waals surface area (Å²) < 4.78 is 25.9. The molecule has 0 unspecified atom stereocenters. The van der Waals surface area contributed by atoms with Gasteiger partial charge < -0.3 is 14.3 Å². The van der Waals surface area contributed by atoms with Crippen molar-refractivity contribution in [1.82, 2.24) is 4.90 Å². The van der Waals surface area contributed by atoms with Crippen molar-refractivity contribution in [2.45, 2.75) is 51.0 Å². The number of ether oxygens (including phenoxy) is 1. The van der Waals surface area contributed by atoms with Gasteiger partial charge in [0, 0.05) is 6.07 Å². The summed E-state index contributed by atoms with van der Waals surface area (Å²) in [6, 6.07) is 3.15. The van der Waals surface area contributed by atoms with E-state index in [4.69, 9.17) is 9.16 Å². The lowest BCUT2D eigenvalue weighted by atomic mass is 10.1. The van der Waals surface area contributed by atoms with E-state index in [-0.39, 0.29) is 36.0 Å². The SMILES string of the molecule is CC(C)(C)[Si](C)(C)OC[C@@H]1CO[C@H](/C=C/c2c(F)cccc2[N+](=O)[O-])CN1C(=O)O. The van der Waals surface area contributed by atoms with E-state index in [0.717, 1.165) is 6.07 Å². The van der Waals surface area contributed by atoms with Gasteiger partial charge in [-0.05, 0) is 30.3 Å². The van der Waals surface area contributed by atoms with Crippen molar-refractivity contribution in [2.75, 3.05) is 19.8 Å². The second-order valence-electron chi connectivity index (χ2n) is 8.82. The zero-order valence-corrected chi connectivity index (χ0v) is 18.9. The van der Waals surface area contributed by atoms with E-state index in [1.807, 2.05) is 0 Å². The van der Waals surface area contributed by atoms with Gasteiger partial charge in [0.15, 0.2) is 8.32 Å². The van der Waals surface area contributed by atoms with Gasteiger partial charge in [0.05, 0.1) is 42.4 Å². The van der Waals surface area contributed by atoms with E-state index in [1.165, 1.54) is 29.2 Å². The Balaban J connectivity index is 2.10. The molecule has 30 heavy (non-hydrogen) atoms. The van der Waals surface area contributed by atoms with Gasteiger partial charge in [0.25, 0.3) is 5.69 Å². The Bertz CT molecular complexity index is 824. The highest BCUT2D eigenvalue weighted by Crippen LogP contribution is 2.36. The number of carbonyl (C=O) groups is 1. The van der Waals surface area contributed by atoms with Gasteiger partial charge in [-0.2, -0.15) is 0 Å². The highest BCUT2D eigenvalue weighted by Gasteiger charge is 2.39.